The van der Waals surface area contributed by atoms with Crippen molar-refractivity contribution in [3.8, 4) is 0 Å². The molecule has 2 atom stereocenters. The molecule has 0 aliphatic carbocycles. The minimum absolute atomic E-state index is 0.255. The molecule has 0 aliphatic rings. The van der Waals surface area contributed by atoms with E-state index in [0.717, 1.165) is 19.1 Å². The lowest BCUT2D eigenvalue weighted by molar-refractivity contribution is -0.117. The molecule has 0 saturated carbocycles. The molecule has 0 radical (unpaired) electrons. The van der Waals surface area contributed by atoms with Gasteiger partial charge in [-0.2, -0.15) is 0 Å². The summed E-state index contributed by atoms with van der Waals surface area (Å²) in [5.74, 6) is 0.666. The Bertz CT molecular complexity index is 193. The van der Waals surface area contributed by atoms with Crippen LogP contribution in [0, 0.1) is 5.92 Å². The summed E-state index contributed by atoms with van der Waals surface area (Å²) in [6.07, 6.45) is 6.24. The number of carbonyl (C=O) groups is 1. The molecule has 0 N–H and O–H groups in total. The Morgan fingerprint density at radius 3 is 2.47 bits per heavy atom. The van der Waals surface area contributed by atoms with Crippen LogP contribution in [0.2, 0.25) is 0 Å². The summed E-state index contributed by atoms with van der Waals surface area (Å²) >= 11 is 0. The van der Waals surface area contributed by atoms with Crippen LogP contribution in [0.1, 0.15) is 47.0 Å². The Kier molecular flexibility index (Phi) is 8.30. The summed E-state index contributed by atoms with van der Waals surface area (Å²) in [5.41, 5.74) is 1.38. The highest BCUT2D eigenvalue weighted by atomic mass is 16.5. The van der Waals surface area contributed by atoms with Gasteiger partial charge in [-0.15, -0.1) is 0 Å². The summed E-state index contributed by atoms with van der Waals surface area (Å²) in [6, 6.07) is 0. The number of hydrogen-bond donors (Lipinski definition) is 0. The Balaban J connectivity index is 3.45. The molecule has 0 saturated heterocycles. The average Bonchev–Trinajstić information content (AvgIpc) is 2.17. The summed E-state index contributed by atoms with van der Waals surface area (Å²) < 4.78 is 5.31. The minimum Gasteiger partial charge on any atom is -0.371 e. The lowest BCUT2D eigenvalue weighted by Gasteiger charge is -2.11. The van der Waals surface area contributed by atoms with Gasteiger partial charge in [-0.25, -0.2) is 0 Å². The zero-order valence-electron chi connectivity index (χ0n) is 10.5. The van der Waals surface area contributed by atoms with E-state index in [1.165, 1.54) is 12.0 Å². The smallest absolute Gasteiger partial charge is 0.148 e. The Labute approximate surface area is 93.7 Å². The average molecular weight is 212 g/mol. The van der Waals surface area contributed by atoms with Crippen LogP contribution >= 0.6 is 0 Å². The highest BCUT2D eigenvalue weighted by Crippen LogP contribution is 2.12. The van der Waals surface area contributed by atoms with Gasteiger partial charge in [0, 0.05) is 6.61 Å². The van der Waals surface area contributed by atoms with Crippen molar-refractivity contribution in [1.29, 1.82) is 0 Å². The molecule has 2 unspecified atom stereocenters. The highest BCUT2D eigenvalue weighted by Gasteiger charge is 2.03. The van der Waals surface area contributed by atoms with Gasteiger partial charge in [0.2, 0.25) is 0 Å². The molecule has 88 valence electrons. The van der Waals surface area contributed by atoms with Crippen LogP contribution in [0.15, 0.2) is 11.6 Å². The number of carbonyl (C=O) groups excluding carboxylic acids is 1. The zero-order valence-corrected chi connectivity index (χ0v) is 10.5. The normalized spacial score (nSPS) is 14.4. The maximum atomic E-state index is 10.3. The van der Waals surface area contributed by atoms with Crippen molar-refractivity contribution in [2.45, 2.75) is 53.1 Å². The molecule has 0 spiro atoms. The van der Waals surface area contributed by atoms with Crippen LogP contribution in [-0.4, -0.2) is 19.0 Å². The van der Waals surface area contributed by atoms with Crippen LogP contribution in [0.5, 0.6) is 0 Å². The van der Waals surface area contributed by atoms with Crippen molar-refractivity contribution in [1.82, 2.24) is 0 Å². The number of rotatable bonds is 8. The fourth-order valence-corrected chi connectivity index (χ4v) is 1.30. The fraction of sp³-hybridized carbons (Fsp3) is 0.769. The third kappa shape index (κ3) is 9.67. The molecule has 15 heavy (non-hydrogen) atoms. The molecule has 0 aromatic rings. The van der Waals surface area contributed by atoms with E-state index >= 15 is 0 Å². The van der Waals surface area contributed by atoms with E-state index in [1.54, 1.807) is 6.92 Å². The Morgan fingerprint density at radius 2 is 1.93 bits per heavy atom. The lowest BCUT2D eigenvalue weighted by atomic mass is 10.0. The first-order valence-corrected chi connectivity index (χ1v) is 5.76. The Hall–Kier alpha value is -0.630. The molecule has 2 heteroatoms. The van der Waals surface area contributed by atoms with Crippen molar-refractivity contribution >= 4 is 6.29 Å². The predicted molar refractivity (Wildman–Crippen MR) is 63.9 cm³/mol. The second kappa shape index (κ2) is 8.66. The van der Waals surface area contributed by atoms with Crippen molar-refractivity contribution in [3.05, 3.63) is 11.6 Å². The van der Waals surface area contributed by atoms with Crippen molar-refractivity contribution in [3.63, 3.8) is 0 Å². The molecule has 0 aliphatic heterocycles. The van der Waals surface area contributed by atoms with Crippen molar-refractivity contribution < 1.29 is 9.53 Å². The quantitative estimate of drug-likeness (QED) is 0.455. The molecule has 0 fully saturated rings. The fourth-order valence-electron chi connectivity index (χ4n) is 1.30. The van der Waals surface area contributed by atoms with E-state index in [-0.39, 0.29) is 6.10 Å². The first-order chi connectivity index (χ1) is 7.06. The van der Waals surface area contributed by atoms with Crippen molar-refractivity contribution in [2.75, 3.05) is 6.61 Å². The first kappa shape index (κ1) is 14.4. The van der Waals surface area contributed by atoms with Gasteiger partial charge in [-0.1, -0.05) is 18.6 Å². The molecular formula is C13H24O2. The van der Waals surface area contributed by atoms with E-state index in [2.05, 4.69) is 26.8 Å². The van der Waals surface area contributed by atoms with Gasteiger partial charge in [0.1, 0.15) is 12.4 Å². The maximum Gasteiger partial charge on any atom is 0.148 e. The van der Waals surface area contributed by atoms with Crippen molar-refractivity contribution in [2.24, 2.45) is 5.92 Å². The minimum atomic E-state index is -0.255. The lowest BCUT2D eigenvalue weighted by Crippen LogP contribution is -2.12. The van der Waals surface area contributed by atoms with Gasteiger partial charge in [0.15, 0.2) is 0 Å². The topological polar surface area (TPSA) is 26.3 Å². The van der Waals surface area contributed by atoms with E-state index in [9.17, 15) is 4.79 Å². The number of allylic oxidation sites excluding steroid dienone is 2. The molecular weight excluding hydrogens is 188 g/mol. The highest BCUT2D eigenvalue weighted by molar-refractivity contribution is 5.55. The summed E-state index contributed by atoms with van der Waals surface area (Å²) in [4.78, 5) is 10.3. The summed E-state index contributed by atoms with van der Waals surface area (Å²) in [6.45, 7) is 8.95. The SMILES string of the molecule is CC(C)=CCCC(C)CCOC(C)C=O. The van der Waals surface area contributed by atoms with E-state index in [1.807, 2.05) is 0 Å². The number of hydrogen-bond acceptors (Lipinski definition) is 2. The predicted octanol–water partition coefficient (Wildman–Crippen LogP) is 3.36. The van der Waals surface area contributed by atoms with Crippen LogP contribution < -0.4 is 0 Å². The van der Waals surface area contributed by atoms with Crippen LogP contribution in [0.25, 0.3) is 0 Å². The van der Waals surface area contributed by atoms with E-state index in [4.69, 9.17) is 4.74 Å². The van der Waals surface area contributed by atoms with Gasteiger partial charge in [0.25, 0.3) is 0 Å². The van der Waals surface area contributed by atoms with Gasteiger partial charge in [0.05, 0.1) is 0 Å². The molecule has 0 heterocycles. The molecule has 2 nitrogen and oxygen atoms in total. The number of ether oxygens (including phenoxy) is 1. The molecule has 0 aromatic heterocycles. The second-order valence-corrected chi connectivity index (χ2v) is 4.46. The molecule has 0 amide bonds. The summed E-state index contributed by atoms with van der Waals surface area (Å²) in [7, 11) is 0. The van der Waals surface area contributed by atoms with Crippen LogP contribution in [-0.2, 0) is 9.53 Å². The van der Waals surface area contributed by atoms with Gasteiger partial charge in [-0.05, 0) is 46.0 Å². The van der Waals surface area contributed by atoms with Crippen LogP contribution in [0.4, 0.5) is 0 Å². The third-order valence-corrected chi connectivity index (χ3v) is 2.40. The van der Waals surface area contributed by atoms with Gasteiger partial charge in [-0.3, -0.25) is 0 Å². The first-order valence-electron chi connectivity index (χ1n) is 5.76. The Morgan fingerprint density at radius 1 is 1.27 bits per heavy atom. The maximum absolute atomic E-state index is 10.3. The van der Waals surface area contributed by atoms with Gasteiger partial charge >= 0.3 is 0 Å². The van der Waals surface area contributed by atoms with E-state index in [0.29, 0.717) is 12.5 Å². The second-order valence-electron chi connectivity index (χ2n) is 4.46. The summed E-state index contributed by atoms with van der Waals surface area (Å²) in [5, 5.41) is 0. The largest absolute Gasteiger partial charge is 0.371 e. The monoisotopic (exact) mass is 212 g/mol. The van der Waals surface area contributed by atoms with E-state index < -0.39 is 0 Å². The number of aldehydes is 1. The third-order valence-electron chi connectivity index (χ3n) is 2.40. The zero-order chi connectivity index (χ0) is 11.7. The van der Waals surface area contributed by atoms with Crippen LogP contribution in [0.3, 0.4) is 0 Å². The standard InChI is InChI=1S/C13H24O2/c1-11(2)6-5-7-12(3)8-9-15-13(4)10-14/h6,10,12-13H,5,7-9H2,1-4H3. The molecule has 0 rings (SSSR count). The molecule has 0 bridgehead atoms. The van der Waals surface area contributed by atoms with Gasteiger partial charge < -0.3 is 9.53 Å². The molecule has 0 aromatic carbocycles.